The van der Waals surface area contributed by atoms with Crippen molar-refractivity contribution in [3.63, 3.8) is 0 Å². The number of carbonyl (C=O) groups excluding carboxylic acids is 2. The molecule has 4 rings (SSSR count). The zero-order chi connectivity index (χ0) is 19.3. The highest BCUT2D eigenvalue weighted by molar-refractivity contribution is 5.89. The Morgan fingerprint density at radius 3 is 2.48 bits per heavy atom. The Balaban J connectivity index is 1.48. The van der Waals surface area contributed by atoms with Gasteiger partial charge in [0.25, 0.3) is 0 Å². The fourth-order valence-corrected chi connectivity index (χ4v) is 4.70. The van der Waals surface area contributed by atoms with Gasteiger partial charge >= 0.3 is 6.09 Å². The molecule has 3 fully saturated rings. The number of rotatable bonds is 5. The number of amides is 2. The molecule has 2 unspecified atom stereocenters. The molecule has 0 bridgehead atoms. The van der Waals surface area contributed by atoms with E-state index in [4.69, 9.17) is 4.74 Å². The van der Waals surface area contributed by atoms with Gasteiger partial charge in [-0.1, -0.05) is 0 Å². The first-order valence-electron chi connectivity index (χ1n) is 9.21. The van der Waals surface area contributed by atoms with Crippen LogP contribution in [-0.2, 0) is 9.53 Å². The number of anilines is 1. The van der Waals surface area contributed by atoms with Crippen LogP contribution >= 0.6 is 0 Å². The molecule has 8 heteroatoms. The fraction of sp³-hybridized carbons (Fsp3) is 0.579. The van der Waals surface area contributed by atoms with E-state index < -0.39 is 23.8 Å². The molecule has 1 saturated heterocycles. The average Bonchev–Trinajstić information content (AvgIpc) is 2.92. The quantitative estimate of drug-likeness (QED) is 0.821. The third kappa shape index (κ3) is 3.26. The molecular weight excluding hydrogens is 358 g/mol. The van der Waals surface area contributed by atoms with Crippen molar-refractivity contribution in [3.8, 4) is 0 Å². The predicted octanol–water partition coefficient (Wildman–Crippen LogP) is 2.16. The molecule has 2 N–H and O–H groups in total. The number of carbonyl (C=O) groups is 2. The highest BCUT2D eigenvalue weighted by Gasteiger charge is 2.56. The van der Waals surface area contributed by atoms with Crippen LogP contribution < -0.4 is 10.2 Å². The van der Waals surface area contributed by atoms with Crippen molar-refractivity contribution in [2.75, 3.05) is 24.6 Å². The number of hydrogen-bond donors (Lipinski definition) is 2. The molecule has 2 saturated carbocycles. The second-order valence-corrected chi connectivity index (χ2v) is 7.72. The van der Waals surface area contributed by atoms with Crippen LogP contribution in [0.2, 0.25) is 0 Å². The summed E-state index contributed by atoms with van der Waals surface area (Å²) in [5.74, 6) is -0.737. The van der Waals surface area contributed by atoms with E-state index >= 15 is 0 Å². The van der Waals surface area contributed by atoms with Gasteiger partial charge in [-0.2, -0.15) is 0 Å². The van der Waals surface area contributed by atoms with Crippen molar-refractivity contribution in [1.29, 1.82) is 0 Å². The number of ether oxygens (including phenoxy) is 1. The first-order valence-corrected chi connectivity index (χ1v) is 9.21. The molecule has 0 aromatic heterocycles. The minimum absolute atomic E-state index is 0.0741. The third-order valence-electron chi connectivity index (χ3n) is 6.07. The Morgan fingerprint density at radius 1 is 1.30 bits per heavy atom. The first kappa shape index (κ1) is 18.2. The summed E-state index contributed by atoms with van der Waals surface area (Å²) in [6.07, 6.45) is 0.121. The van der Waals surface area contributed by atoms with Crippen LogP contribution in [0.3, 0.4) is 0 Å². The van der Waals surface area contributed by atoms with Crippen molar-refractivity contribution in [2.24, 2.45) is 17.8 Å². The molecule has 6 nitrogen and oxygen atoms in total. The normalized spacial score (nSPS) is 31.6. The van der Waals surface area contributed by atoms with Gasteiger partial charge in [0, 0.05) is 19.1 Å². The zero-order valence-electron chi connectivity index (χ0n) is 15.0. The van der Waals surface area contributed by atoms with E-state index in [0.29, 0.717) is 24.7 Å². The maximum Gasteiger partial charge on any atom is 0.414 e. The van der Waals surface area contributed by atoms with E-state index in [-0.39, 0.29) is 48.7 Å². The standard InChI is InChI=1S/C19H22F2N2O4/c1-9(25)22-6-12-7-23(19(26)27-12)11-4-16(20)18(17(21)5-11)10-2-13-14(3-10)15(13)8-24/h4-5,10,12-15,24H,2-3,6-8H2,1H3,(H,22,25)/t10?,12-,13?,14?,15?/m0/s1. The molecule has 1 aromatic carbocycles. The van der Waals surface area contributed by atoms with Gasteiger partial charge in [0.15, 0.2) is 0 Å². The lowest BCUT2D eigenvalue weighted by Crippen LogP contribution is -2.33. The highest BCUT2D eigenvalue weighted by Crippen LogP contribution is 2.62. The van der Waals surface area contributed by atoms with Crippen molar-refractivity contribution >= 4 is 17.7 Å². The minimum Gasteiger partial charge on any atom is -0.442 e. The molecule has 3 atom stereocenters. The molecule has 0 spiro atoms. The van der Waals surface area contributed by atoms with Crippen LogP contribution in [0.15, 0.2) is 12.1 Å². The van der Waals surface area contributed by atoms with Crippen molar-refractivity contribution in [2.45, 2.75) is 31.8 Å². The Morgan fingerprint density at radius 2 is 1.93 bits per heavy atom. The number of nitrogens with one attached hydrogen (secondary N) is 1. The van der Waals surface area contributed by atoms with Crippen LogP contribution in [0.4, 0.5) is 19.3 Å². The summed E-state index contributed by atoms with van der Waals surface area (Å²) in [4.78, 5) is 24.2. The lowest BCUT2D eigenvalue weighted by Gasteiger charge is -2.19. The van der Waals surface area contributed by atoms with Gasteiger partial charge in [-0.05, 0) is 48.6 Å². The Hall–Kier alpha value is -2.22. The maximum atomic E-state index is 14.7. The molecule has 2 aliphatic carbocycles. The molecule has 27 heavy (non-hydrogen) atoms. The second-order valence-electron chi connectivity index (χ2n) is 7.72. The summed E-state index contributed by atoms with van der Waals surface area (Å²) in [5.41, 5.74) is 0.186. The number of hydrogen-bond acceptors (Lipinski definition) is 4. The van der Waals surface area contributed by atoms with E-state index in [1.54, 1.807) is 0 Å². The monoisotopic (exact) mass is 380 g/mol. The number of aliphatic hydroxyl groups excluding tert-OH is 1. The molecule has 1 heterocycles. The highest BCUT2D eigenvalue weighted by atomic mass is 19.1. The van der Waals surface area contributed by atoms with E-state index in [1.807, 2.05) is 0 Å². The van der Waals surface area contributed by atoms with Crippen LogP contribution in [0.25, 0.3) is 0 Å². The van der Waals surface area contributed by atoms with Crippen LogP contribution in [-0.4, -0.2) is 42.9 Å². The van der Waals surface area contributed by atoms with E-state index in [0.717, 1.165) is 0 Å². The van der Waals surface area contributed by atoms with Crippen LogP contribution in [0, 0.1) is 29.4 Å². The summed E-state index contributed by atoms with van der Waals surface area (Å²) in [6, 6.07) is 2.35. The smallest absolute Gasteiger partial charge is 0.414 e. The number of halogens is 2. The number of aliphatic hydroxyl groups is 1. The predicted molar refractivity (Wildman–Crippen MR) is 92.2 cm³/mol. The maximum absolute atomic E-state index is 14.7. The largest absolute Gasteiger partial charge is 0.442 e. The molecule has 0 radical (unpaired) electrons. The third-order valence-corrected chi connectivity index (χ3v) is 6.07. The topological polar surface area (TPSA) is 78.9 Å². The van der Waals surface area contributed by atoms with Crippen molar-refractivity contribution in [1.82, 2.24) is 5.32 Å². The summed E-state index contributed by atoms with van der Waals surface area (Å²) < 4.78 is 34.5. The Kier molecular flexibility index (Phi) is 4.53. The van der Waals surface area contributed by atoms with E-state index in [9.17, 15) is 23.5 Å². The molecule has 2 amide bonds. The van der Waals surface area contributed by atoms with Gasteiger partial charge in [0.05, 0.1) is 18.8 Å². The van der Waals surface area contributed by atoms with Gasteiger partial charge in [-0.15, -0.1) is 0 Å². The fourth-order valence-electron chi connectivity index (χ4n) is 4.70. The molecule has 146 valence electrons. The van der Waals surface area contributed by atoms with Crippen molar-refractivity contribution in [3.05, 3.63) is 29.3 Å². The van der Waals surface area contributed by atoms with E-state index in [2.05, 4.69) is 5.32 Å². The summed E-state index contributed by atoms with van der Waals surface area (Å²) in [6.45, 7) is 1.76. The van der Waals surface area contributed by atoms with Gasteiger partial charge < -0.3 is 15.2 Å². The van der Waals surface area contributed by atoms with Gasteiger partial charge in [-0.25, -0.2) is 13.6 Å². The van der Waals surface area contributed by atoms with Crippen LogP contribution in [0.5, 0.6) is 0 Å². The number of nitrogens with zero attached hydrogens (tertiary/aromatic N) is 1. The van der Waals surface area contributed by atoms with Gasteiger partial charge in [0.1, 0.15) is 17.7 Å². The van der Waals surface area contributed by atoms with E-state index in [1.165, 1.54) is 24.0 Å². The zero-order valence-corrected chi connectivity index (χ0v) is 15.0. The number of cyclic esters (lactones) is 1. The summed E-state index contributed by atoms with van der Waals surface area (Å²) in [5, 5.41) is 11.8. The number of fused-ring (bicyclic) bond motifs is 1. The van der Waals surface area contributed by atoms with Crippen molar-refractivity contribution < 1.29 is 28.2 Å². The average molecular weight is 380 g/mol. The number of benzene rings is 1. The first-order chi connectivity index (χ1) is 12.9. The lowest BCUT2D eigenvalue weighted by atomic mass is 9.91. The SMILES string of the molecule is CC(=O)NC[C@H]1CN(c2cc(F)c(C3CC4C(CO)C4C3)c(F)c2)C(=O)O1. The van der Waals surface area contributed by atoms with Gasteiger partial charge in [-0.3, -0.25) is 9.69 Å². The Bertz CT molecular complexity index is 752. The van der Waals surface area contributed by atoms with Gasteiger partial charge in [0.2, 0.25) is 5.91 Å². The Labute approximate surface area is 155 Å². The summed E-state index contributed by atoms with van der Waals surface area (Å²) >= 11 is 0. The lowest BCUT2D eigenvalue weighted by molar-refractivity contribution is -0.119. The molecule has 1 aromatic rings. The second kappa shape index (κ2) is 6.74. The molecule has 3 aliphatic rings. The van der Waals surface area contributed by atoms with Crippen LogP contribution in [0.1, 0.15) is 31.2 Å². The molecule has 1 aliphatic heterocycles. The molecular formula is C19H22F2N2O4. The minimum atomic E-state index is -0.690. The summed E-state index contributed by atoms with van der Waals surface area (Å²) in [7, 11) is 0.